The molecule has 0 aromatic heterocycles. The van der Waals surface area contributed by atoms with Gasteiger partial charge in [-0.05, 0) is 13.0 Å². The third kappa shape index (κ3) is 2.45. The number of carbonyl (C=O) groups is 2. The SMILES string of the molecule is CCOC(=O)CNC1C(=O)Nc2ccccc21. The van der Waals surface area contributed by atoms with Gasteiger partial charge in [0.05, 0.1) is 13.2 Å². The highest BCUT2D eigenvalue weighted by atomic mass is 16.5. The lowest BCUT2D eigenvalue weighted by Gasteiger charge is -2.10. The summed E-state index contributed by atoms with van der Waals surface area (Å²) >= 11 is 0. The first-order valence-corrected chi connectivity index (χ1v) is 5.51. The first-order valence-electron chi connectivity index (χ1n) is 5.51. The molecule has 1 heterocycles. The van der Waals surface area contributed by atoms with Crippen LogP contribution in [0.2, 0.25) is 0 Å². The Hall–Kier alpha value is -1.88. The highest BCUT2D eigenvalue weighted by Crippen LogP contribution is 2.29. The van der Waals surface area contributed by atoms with Crippen molar-refractivity contribution in [3.05, 3.63) is 29.8 Å². The van der Waals surface area contributed by atoms with Crippen LogP contribution in [0, 0.1) is 0 Å². The zero-order chi connectivity index (χ0) is 12.3. The second-order valence-corrected chi connectivity index (χ2v) is 3.70. The van der Waals surface area contributed by atoms with Gasteiger partial charge in [0.15, 0.2) is 0 Å². The van der Waals surface area contributed by atoms with E-state index in [2.05, 4.69) is 10.6 Å². The molecule has 0 aliphatic carbocycles. The number of esters is 1. The molecule has 0 spiro atoms. The van der Waals surface area contributed by atoms with E-state index in [1.165, 1.54) is 0 Å². The number of carbonyl (C=O) groups excluding carboxylic acids is 2. The number of fused-ring (bicyclic) bond motifs is 1. The summed E-state index contributed by atoms with van der Waals surface area (Å²) in [6.45, 7) is 2.11. The van der Waals surface area contributed by atoms with E-state index < -0.39 is 6.04 Å². The van der Waals surface area contributed by atoms with Crippen molar-refractivity contribution in [3.63, 3.8) is 0 Å². The van der Waals surface area contributed by atoms with E-state index >= 15 is 0 Å². The van der Waals surface area contributed by atoms with Crippen LogP contribution < -0.4 is 10.6 Å². The van der Waals surface area contributed by atoms with Gasteiger partial charge in [0.1, 0.15) is 6.04 Å². The van der Waals surface area contributed by atoms with Gasteiger partial charge in [0.25, 0.3) is 0 Å². The molecule has 1 aliphatic heterocycles. The third-order valence-electron chi connectivity index (χ3n) is 2.55. The average molecular weight is 234 g/mol. The summed E-state index contributed by atoms with van der Waals surface area (Å²) in [5.74, 6) is -0.500. The lowest BCUT2D eigenvalue weighted by atomic mass is 10.1. The molecule has 0 saturated heterocycles. The molecule has 1 aromatic carbocycles. The molecule has 90 valence electrons. The summed E-state index contributed by atoms with van der Waals surface area (Å²) in [4.78, 5) is 22.9. The summed E-state index contributed by atoms with van der Waals surface area (Å²) in [6, 6.07) is 6.93. The van der Waals surface area contributed by atoms with Crippen LogP contribution in [0.25, 0.3) is 0 Å². The summed E-state index contributed by atoms with van der Waals surface area (Å²) < 4.78 is 4.79. The molecule has 0 fully saturated rings. The van der Waals surface area contributed by atoms with Gasteiger partial charge >= 0.3 is 5.97 Å². The second kappa shape index (κ2) is 4.97. The molecule has 1 atom stereocenters. The van der Waals surface area contributed by atoms with Gasteiger partial charge in [-0.2, -0.15) is 0 Å². The third-order valence-corrected chi connectivity index (χ3v) is 2.55. The zero-order valence-electron chi connectivity index (χ0n) is 9.53. The Kier molecular flexibility index (Phi) is 3.39. The molecule has 2 N–H and O–H groups in total. The minimum absolute atomic E-state index is 0.0280. The summed E-state index contributed by atoms with van der Waals surface area (Å²) in [5, 5.41) is 5.64. The fraction of sp³-hybridized carbons (Fsp3) is 0.333. The lowest BCUT2D eigenvalue weighted by Crippen LogP contribution is -2.32. The highest BCUT2D eigenvalue weighted by molar-refractivity contribution is 6.02. The Labute approximate surface area is 99.2 Å². The summed E-state index contributed by atoms with van der Waals surface area (Å²) in [6.07, 6.45) is 0. The van der Waals surface area contributed by atoms with Gasteiger partial charge in [-0.25, -0.2) is 0 Å². The number of rotatable bonds is 4. The predicted molar refractivity (Wildman–Crippen MR) is 62.4 cm³/mol. The monoisotopic (exact) mass is 234 g/mol. The number of amides is 1. The number of anilines is 1. The van der Waals surface area contributed by atoms with Crippen molar-refractivity contribution in [1.29, 1.82) is 0 Å². The van der Waals surface area contributed by atoms with Crippen molar-refractivity contribution in [2.45, 2.75) is 13.0 Å². The summed E-state index contributed by atoms with van der Waals surface area (Å²) in [7, 11) is 0. The van der Waals surface area contributed by atoms with E-state index in [-0.39, 0.29) is 18.4 Å². The second-order valence-electron chi connectivity index (χ2n) is 3.70. The van der Waals surface area contributed by atoms with E-state index in [0.717, 1.165) is 11.3 Å². The molecule has 1 aliphatic rings. The van der Waals surface area contributed by atoms with Crippen LogP contribution in [-0.4, -0.2) is 25.0 Å². The number of nitrogens with one attached hydrogen (secondary N) is 2. The van der Waals surface area contributed by atoms with Crippen molar-refractivity contribution in [2.24, 2.45) is 0 Å². The normalized spacial score (nSPS) is 17.5. The molecular weight excluding hydrogens is 220 g/mol. The maximum Gasteiger partial charge on any atom is 0.319 e. The van der Waals surface area contributed by atoms with Crippen LogP contribution in [-0.2, 0) is 14.3 Å². The predicted octanol–water partition coefficient (Wildman–Crippen LogP) is 0.832. The molecule has 0 bridgehead atoms. The van der Waals surface area contributed by atoms with Gasteiger partial charge in [-0.1, -0.05) is 18.2 Å². The van der Waals surface area contributed by atoms with Gasteiger partial charge in [0.2, 0.25) is 5.91 Å². The quantitative estimate of drug-likeness (QED) is 0.757. The van der Waals surface area contributed by atoms with Crippen LogP contribution in [0.5, 0.6) is 0 Å². The molecule has 0 saturated carbocycles. The topological polar surface area (TPSA) is 67.4 Å². The molecule has 1 unspecified atom stereocenters. The smallest absolute Gasteiger partial charge is 0.319 e. The standard InChI is InChI=1S/C12H14N2O3/c1-2-17-10(15)7-13-11-8-5-3-4-6-9(8)14-12(11)16/h3-6,11,13H,2,7H2,1H3,(H,14,16). The van der Waals surface area contributed by atoms with E-state index in [0.29, 0.717) is 6.61 Å². The van der Waals surface area contributed by atoms with E-state index in [1.54, 1.807) is 6.92 Å². The van der Waals surface area contributed by atoms with Gasteiger partial charge < -0.3 is 10.1 Å². The molecule has 0 radical (unpaired) electrons. The highest BCUT2D eigenvalue weighted by Gasteiger charge is 2.29. The fourth-order valence-electron chi connectivity index (χ4n) is 1.81. The van der Waals surface area contributed by atoms with E-state index in [1.807, 2.05) is 24.3 Å². The molecule has 2 rings (SSSR count). The van der Waals surface area contributed by atoms with Gasteiger partial charge in [-0.3, -0.25) is 14.9 Å². The molecular formula is C12H14N2O3. The lowest BCUT2D eigenvalue weighted by molar-refractivity contribution is -0.142. The van der Waals surface area contributed by atoms with Crippen molar-refractivity contribution in [2.75, 3.05) is 18.5 Å². The number of ether oxygens (including phenoxy) is 1. The van der Waals surface area contributed by atoms with Crippen LogP contribution in [0.1, 0.15) is 18.5 Å². The van der Waals surface area contributed by atoms with Crippen LogP contribution in [0.15, 0.2) is 24.3 Å². The Bertz CT molecular complexity index is 445. The number of hydrogen-bond acceptors (Lipinski definition) is 4. The van der Waals surface area contributed by atoms with Crippen LogP contribution >= 0.6 is 0 Å². The van der Waals surface area contributed by atoms with Crippen LogP contribution in [0.3, 0.4) is 0 Å². The summed E-state index contributed by atoms with van der Waals surface area (Å²) in [5.41, 5.74) is 1.65. The average Bonchev–Trinajstić information content (AvgIpc) is 2.62. The first kappa shape index (κ1) is 11.6. The Balaban J connectivity index is 2.02. The minimum Gasteiger partial charge on any atom is -0.465 e. The van der Waals surface area contributed by atoms with Crippen molar-refractivity contribution in [3.8, 4) is 0 Å². The first-order chi connectivity index (χ1) is 8.22. The fourth-order valence-corrected chi connectivity index (χ4v) is 1.81. The Morgan fingerprint density at radius 2 is 2.24 bits per heavy atom. The maximum absolute atomic E-state index is 11.7. The Morgan fingerprint density at radius 1 is 1.47 bits per heavy atom. The molecule has 17 heavy (non-hydrogen) atoms. The minimum atomic E-state index is -0.476. The maximum atomic E-state index is 11.7. The number of hydrogen-bond donors (Lipinski definition) is 2. The molecule has 5 heteroatoms. The largest absolute Gasteiger partial charge is 0.465 e. The van der Waals surface area contributed by atoms with Gasteiger partial charge in [0, 0.05) is 11.3 Å². The van der Waals surface area contributed by atoms with Crippen LogP contribution in [0.4, 0.5) is 5.69 Å². The number of benzene rings is 1. The molecule has 1 aromatic rings. The molecule has 5 nitrogen and oxygen atoms in total. The zero-order valence-corrected chi connectivity index (χ0v) is 9.53. The van der Waals surface area contributed by atoms with E-state index in [4.69, 9.17) is 4.74 Å². The van der Waals surface area contributed by atoms with Crippen molar-refractivity contribution < 1.29 is 14.3 Å². The Morgan fingerprint density at radius 3 is 3.00 bits per heavy atom. The molecule has 1 amide bonds. The number of para-hydroxylation sites is 1. The van der Waals surface area contributed by atoms with Gasteiger partial charge in [-0.15, -0.1) is 0 Å². The van der Waals surface area contributed by atoms with Crippen molar-refractivity contribution >= 4 is 17.6 Å². The van der Waals surface area contributed by atoms with E-state index in [9.17, 15) is 9.59 Å². The van der Waals surface area contributed by atoms with Crippen molar-refractivity contribution in [1.82, 2.24) is 5.32 Å².